The van der Waals surface area contributed by atoms with Crippen LogP contribution in [0.5, 0.6) is 5.95 Å². The third-order valence-electron chi connectivity index (χ3n) is 1.21. The first-order chi connectivity index (χ1) is 4.88. The Morgan fingerprint density at radius 1 is 1.60 bits per heavy atom. The van der Waals surface area contributed by atoms with Crippen LogP contribution in [0.3, 0.4) is 0 Å². The summed E-state index contributed by atoms with van der Waals surface area (Å²) in [5.74, 6) is 0.560. The lowest BCUT2D eigenvalue weighted by atomic mass is 10.4. The molecule has 10 heavy (non-hydrogen) atoms. The lowest BCUT2D eigenvalue weighted by molar-refractivity contribution is 0.254. The SMILES string of the molecule is CCOc1ocnc1CC. The molecule has 0 aromatic carbocycles. The molecule has 3 heteroatoms. The van der Waals surface area contributed by atoms with Gasteiger partial charge in [0.2, 0.25) is 0 Å². The summed E-state index contributed by atoms with van der Waals surface area (Å²) in [5, 5.41) is 0. The fourth-order valence-corrected chi connectivity index (χ4v) is 0.743. The molecule has 0 bridgehead atoms. The Bertz CT molecular complexity index is 195. The van der Waals surface area contributed by atoms with Crippen LogP contribution in [0.25, 0.3) is 0 Å². The zero-order valence-electron chi connectivity index (χ0n) is 6.26. The summed E-state index contributed by atoms with van der Waals surface area (Å²) in [7, 11) is 0. The van der Waals surface area contributed by atoms with Gasteiger partial charge in [0, 0.05) is 0 Å². The van der Waals surface area contributed by atoms with E-state index in [2.05, 4.69) is 4.98 Å². The maximum atomic E-state index is 5.14. The molecule has 0 N–H and O–H groups in total. The van der Waals surface area contributed by atoms with E-state index in [4.69, 9.17) is 9.15 Å². The second kappa shape index (κ2) is 3.25. The Hall–Kier alpha value is -0.990. The molecule has 1 aromatic rings. The van der Waals surface area contributed by atoms with Crippen LogP contribution in [0, 0.1) is 0 Å². The highest BCUT2D eigenvalue weighted by Gasteiger charge is 2.04. The Morgan fingerprint density at radius 2 is 2.40 bits per heavy atom. The van der Waals surface area contributed by atoms with Crippen LogP contribution < -0.4 is 4.74 Å². The molecular weight excluding hydrogens is 130 g/mol. The molecule has 3 nitrogen and oxygen atoms in total. The van der Waals surface area contributed by atoms with E-state index >= 15 is 0 Å². The van der Waals surface area contributed by atoms with Crippen molar-refractivity contribution in [2.24, 2.45) is 0 Å². The fourth-order valence-electron chi connectivity index (χ4n) is 0.743. The molecule has 1 rings (SSSR count). The van der Waals surface area contributed by atoms with Gasteiger partial charge in [-0.2, -0.15) is 0 Å². The van der Waals surface area contributed by atoms with Crippen molar-refractivity contribution in [1.82, 2.24) is 4.98 Å². The summed E-state index contributed by atoms with van der Waals surface area (Å²) < 4.78 is 10.1. The summed E-state index contributed by atoms with van der Waals surface area (Å²) in [6.45, 7) is 4.56. The first-order valence-electron chi connectivity index (χ1n) is 3.43. The number of nitrogens with zero attached hydrogens (tertiary/aromatic N) is 1. The predicted molar refractivity (Wildman–Crippen MR) is 37.1 cm³/mol. The highest BCUT2D eigenvalue weighted by molar-refractivity contribution is 5.12. The fraction of sp³-hybridized carbons (Fsp3) is 0.571. The topological polar surface area (TPSA) is 35.3 Å². The van der Waals surface area contributed by atoms with Crippen molar-refractivity contribution < 1.29 is 9.15 Å². The van der Waals surface area contributed by atoms with E-state index in [0.29, 0.717) is 12.6 Å². The van der Waals surface area contributed by atoms with Crippen molar-refractivity contribution in [1.29, 1.82) is 0 Å². The maximum absolute atomic E-state index is 5.14. The molecule has 0 atom stereocenters. The van der Waals surface area contributed by atoms with Crippen LogP contribution in [0.4, 0.5) is 0 Å². The normalized spacial score (nSPS) is 9.80. The van der Waals surface area contributed by atoms with Gasteiger partial charge in [0.15, 0.2) is 6.39 Å². The molecule has 0 amide bonds. The number of rotatable bonds is 3. The van der Waals surface area contributed by atoms with E-state index in [9.17, 15) is 0 Å². The monoisotopic (exact) mass is 141 g/mol. The van der Waals surface area contributed by atoms with Gasteiger partial charge in [0.1, 0.15) is 5.69 Å². The Kier molecular flexibility index (Phi) is 2.31. The molecule has 0 aliphatic heterocycles. The number of ether oxygens (including phenoxy) is 1. The molecule has 0 saturated heterocycles. The van der Waals surface area contributed by atoms with E-state index in [1.54, 1.807) is 0 Å². The summed E-state index contributed by atoms with van der Waals surface area (Å²) in [5.41, 5.74) is 0.891. The van der Waals surface area contributed by atoms with E-state index in [1.807, 2.05) is 13.8 Å². The lowest BCUT2D eigenvalue weighted by Gasteiger charge is -1.97. The average molecular weight is 141 g/mol. The second-order valence-corrected chi connectivity index (χ2v) is 1.87. The first-order valence-corrected chi connectivity index (χ1v) is 3.43. The van der Waals surface area contributed by atoms with Crippen LogP contribution >= 0.6 is 0 Å². The summed E-state index contributed by atoms with van der Waals surface area (Å²) in [6, 6.07) is 0. The second-order valence-electron chi connectivity index (χ2n) is 1.87. The number of aromatic nitrogens is 1. The molecule has 0 fully saturated rings. The number of aryl methyl sites for hydroxylation is 1. The molecule has 1 heterocycles. The highest BCUT2D eigenvalue weighted by Crippen LogP contribution is 2.16. The van der Waals surface area contributed by atoms with Gasteiger partial charge in [-0.05, 0) is 13.3 Å². The molecule has 0 spiro atoms. The minimum atomic E-state index is 0.560. The Balaban J connectivity index is 2.70. The summed E-state index contributed by atoms with van der Waals surface area (Å²) in [6.07, 6.45) is 2.26. The minimum Gasteiger partial charge on any atom is -0.464 e. The van der Waals surface area contributed by atoms with E-state index < -0.39 is 0 Å². The van der Waals surface area contributed by atoms with Gasteiger partial charge in [0.05, 0.1) is 6.61 Å². The van der Waals surface area contributed by atoms with Gasteiger partial charge in [0.25, 0.3) is 0 Å². The molecule has 0 aliphatic carbocycles. The van der Waals surface area contributed by atoms with Crippen LogP contribution in [0.15, 0.2) is 10.8 Å². The average Bonchev–Trinajstić information content (AvgIpc) is 2.36. The number of hydrogen-bond acceptors (Lipinski definition) is 3. The van der Waals surface area contributed by atoms with Gasteiger partial charge >= 0.3 is 5.95 Å². The van der Waals surface area contributed by atoms with Gasteiger partial charge < -0.3 is 9.15 Å². The highest BCUT2D eigenvalue weighted by atomic mass is 16.6. The predicted octanol–water partition coefficient (Wildman–Crippen LogP) is 1.64. The van der Waals surface area contributed by atoms with Crippen molar-refractivity contribution in [2.75, 3.05) is 6.61 Å². The Morgan fingerprint density at radius 3 is 3.00 bits per heavy atom. The van der Waals surface area contributed by atoms with Gasteiger partial charge in [-0.25, -0.2) is 4.98 Å². The summed E-state index contributed by atoms with van der Waals surface area (Å²) >= 11 is 0. The van der Waals surface area contributed by atoms with Crippen molar-refractivity contribution >= 4 is 0 Å². The largest absolute Gasteiger partial charge is 0.464 e. The number of hydrogen-bond donors (Lipinski definition) is 0. The Labute approximate surface area is 60.0 Å². The molecular formula is C7H11NO2. The van der Waals surface area contributed by atoms with Crippen LogP contribution in [-0.2, 0) is 6.42 Å². The lowest BCUT2D eigenvalue weighted by Crippen LogP contribution is -1.93. The van der Waals surface area contributed by atoms with Crippen molar-refractivity contribution in [2.45, 2.75) is 20.3 Å². The third-order valence-corrected chi connectivity index (χ3v) is 1.21. The molecule has 1 aromatic heterocycles. The van der Waals surface area contributed by atoms with Gasteiger partial charge in [-0.3, -0.25) is 0 Å². The molecule has 56 valence electrons. The van der Waals surface area contributed by atoms with Gasteiger partial charge in [-0.15, -0.1) is 0 Å². The summed E-state index contributed by atoms with van der Waals surface area (Å²) in [4.78, 5) is 3.96. The van der Waals surface area contributed by atoms with Crippen LogP contribution in [0.2, 0.25) is 0 Å². The maximum Gasteiger partial charge on any atom is 0.308 e. The zero-order chi connectivity index (χ0) is 7.40. The smallest absolute Gasteiger partial charge is 0.308 e. The van der Waals surface area contributed by atoms with Crippen molar-refractivity contribution in [3.05, 3.63) is 12.1 Å². The molecule has 0 radical (unpaired) electrons. The third kappa shape index (κ3) is 1.29. The number of oxazole rings is 1. The van der Waals surface area contributed by atoms with Crippen LogP contribution in [0.1, 0.15) is 19.5 Å². The minimum absolute atomic E-state index is 0.560. The van der Waals surface area contributed by atoms with E-state index in [1.165, 1.54) is 6.39 Å². The molecule has 0 saturated carbocycles. The quantitative estimate of drug-likeness (QED) is 0.641. The van der Waals surface area contributed by atoms with E-state index in [0.717, 1.165) is 12.1 Å². The van der Waals surface area contributed by atoms with Crippen molar-refractivity contribution in [3.63, 3.8) is 0 Å². The zero-order valence-corrected chi connectivity index (χ0v) is 6.26. The van der Waals surface area contributed by atoms with E-state index in [-0.39, 0.29) is 0 Å². The van der Waals surface area contributed by atoms with Crippen molar-refractivity contribution in [3.8, 4) is 5.95 Å². The first kappa shape index (κ1) is 7.12. The standard InChI is InChI=1S/C7H11NO2/c1-3-6-7(9-4-2)10-5-8-6/h5H,3-4H2,1-2H3. The van der Waals surface area contributed by atoms with Gasteiger partial charge in [-0.1, -0.05) is 6.92 Å². The molecule has 0 unspecified atom stereocenters. The van der Waals surface area contributed by atoms with Crippen LogP contribution in [-0.4, -0.2) is 11.6 Å². The molecule has 0 aliphatic rings.